The molecule has 1 aromatic carbocycles. The number of carbonyl (C=O) groups excluding carboxylic acids is 1. The molecule has 0 saturated carbocycles. The van der Waals surface area contributed by atoms with Gasteiger partial charge in [0.2, 0.25) is 10.0 Å². The molecule has 0 aromatic heterocycles. The fourth-order valence-corrected chi connectivity index (χ4v) is 6.55. The molecule has 2 saturated heterocycles. The molecule has 3 atom stereocenters. The SMILES string of the molecule is O=C(N1CCC2C=CC(S(=O)(=O)N3CCCC(O)(c4ccccc4)CC3)=CC2C1)C(F)(F)F. The molecular formula is C23H27F3N2O4S. The lowest BCUT2D eigenvalue weighted by Crippen LogP contribution is -2.48. The van der Waals surface area contributed by atoms with E-state index >= 15 is 0 Å². The summed E-state index contributed by atoms with van der Waals surface area (Å²) in [7, 11) is -3.89. The van der Waals surface area contributed by atoms with Crippen LogP contribution in [0.25, 0.3) is 0 Å². The van der Waals surface area contributed by atoms with E-state index in [4.69, 9.17) is 0 Å². The number of halogens is 3. The minimum Gasteiger partial charge on any atom is -0.385 e. The highest BCUT2D eigenvalue weighted by molar-refractivity contribution is 7.93. The first-order valence-electron chi connectivity index (χ1n) is 11.0. The number of fused-ring (bicyclic) bond motifs is 1. The third-order valence-electron chi connectivity index (χ3n) is 6.85. The summed E-state index contributed by atoms with van der Waals surface area (Å²) >= 11 is 0. The summed E-state index contributed by atoms with van der Waals surface area (Å²) in [5.41, 5.74) is -0.365. The lowest BCUT2D eigenvalue weighted by atomic mass is 9.82. The summed E-state index contributed by atoms with van der Waals surface area (Å²) in [6.07, 6.45) is 1.28. The van der Waals surface area contributed by atoms with Crippen LogP contribution in [0.4, 0.5) is 13.2 Å². The Hall–Kier alpha value is -2.17. The summed E-state index contributed by atoms with van der Waals surface area (Å²) in [4.78, 5) is 12.4. The van der Waals surface area contributed by atoms with Gasteiger partial charge in [-0.3, -0.25) is 4.79 Å². The monoisotopic (exact) mass is 484 g/mol. The van der Waals surface area contributed by atoms with Crippen LogP contribution < -0.4 is 0 Å². The van der Waals surface area contributed by atoms with Crippen LogP contribution in [0, 0.1) is 11.8 Å². The van der Waals surface area contributed by atoms with Crippen LogP contribution in [-0.2, 0) is 20.4 Å². The van der Waals surface area contributed by atoms with Gasteiger partial charge in [0.05, 0.1) is 10.5 Å². The maximum atomic E-state index is 13.4. The molecule has 1 aromatic rings. The standard InChI is InChI=1S/C23H27F3N2O4S/c24-23(25,26)21(29)27-13-9-17-7-8-20(15-18(17)16-27)33(31,32)28-12-4-10-22(30,11-14-28)19-5-2-1-3-6-19/h1-3,5-8,15,17-18,30H,4,9-14,16H2. The Balaban J connectivity index is 1.50. The van der Waals surface area contributed by atoms with E-state index in [2.05, 4.69) is 0 Å². The van der Waals surface area contributed by atoms with Crippen LogP contribution in [0.15, 0.2) is 53.5 Å². The van der Waals surface area contributed by atoms with Gasteiger partial charge in [-0.05, 0) is 43.2 Å². The van der Waals surface area contributed by atoms with Gasteiger partial charge in [0, 0.05) is 32.1 Å². The zero-order valence-corrected chi connectivity index (χ0v) is 18.9. The number of sulfonamides is 1. The molecule has 3 unspecified atom stereocenters. The van der Waals surface area contributed by atoms with Crippen LogP contribution in [0.5, 0.6) is 0 Å². The highest BCUT2D eigenvalue weighted by atomic mass is 32.2. The Morgan fingerprint density at radius 3 is 2.48 bits per heavy atom. The lowest BCUT2D eigenvalue weighted by Gasteiger charge is -2.38. The molecule has 2 fully saturated rings. The first-order valence-corrected chi connectivity index (χ1v) is 12.5. The second-order valence-electron chi connectivity index (χ2n) is 8.95. The number of hydrogen-bond donors (Lipinski definition) is 1. The number of piperidine rings is 1. The Labute approximate surface area is 191 Å². The number of likely N-dealkylation sites (tertiary alicyclic amines) is 1. The molecule has 0 spiro atoms. The van der Waals surface area contributed by atoms with E-state index in [9.17, 15) is 31.5 Å². The van der Waals surface area contributed by atoms with Gasteiger partial charge >= 0.3 is 12.1 Å². The second kappa shape index (κ2) is 8.88. The second-order valence-corrected chi connectivity index (χ2v) is 10.9. The van der Waals surface area contributed by atoms with Gasteiger partial charge in [-0.25, -0.2) is 8.42 Å². The van der Waals surface area contributed by atoms with Gasteiger partial charge in [-0.2, -0.15) is 17.5 Å². The summed E-state index contributed by atoms with van der Waals surface area (Å²) in [6.45, 7) is 0.200. The van der Waals surface area contributed by atoms with Crippen molar-refractivity contribution in [2.45, 2.75) is 37.5 Å². The number of rotatable bonds is 3. The van der Waals surface area contributed by atoms with Gasteiger partial charge < -0.3 is 10.0 Å². The first kappa shape index (κ1) is 24.0. The average Bonchev–Trinajstić information content (AvgIpc) is 3.01. The number of aliphatic hydroxyl groups is 1. The number of alkyl halides is 3. The van der Waals surface area contributed by atoms with Crippen LogP contribution in [0.2, 0.25) is 0 Å². The van der Waals surface area contributed by atoms with Crippen LogP contribution in [0.3, 0.4) is 0 Å². The molecule has 0 bridgehead atoms. The topological polar surface area (TPSA) is 77.9 Å². The van der Waals surface area contributed by atoms with E-state index in [1.165, 1.54) is 16.5 Å². The zero-order chi connectivity index (χ0) is 23.9. The normalized spacial score (nSPS) is 29.2. The molecule has 6 nitrogen and oxygen atoms in total. The molecule has 1 aliphatic carbocycles. The van der Waals surface area contributed by atoms with Crippen molar-refractivity contribution in [3.63, 3.8) is 0 Å². The molecule has 2 heterocycles. The van der Waals surface area contributed by atoms with Crippen LogP contribution in [0.1, 0.15) is 31.2 Å². The average molecular weight is 485 g/mol. The Morgan fingerprint density at radius 2 is 1.79 bits per heavy atom. The third kappa shape index (κ3) is 4.88. The predicted molar refractivity (Wildman–Crippen MR) is 116 cm³/mol. The summed E-state index contributed by atoms with van der Waals surface area (Å²) < 4.78 is 66.6. The largest absolute Gasteiger partial charge is 0.471 e. The van der Waals surface area contributed by atoms with Crippen molar-refractivity contribution < 1.29 is 31.5 Å². The Bertz CT molecular complexity index is 1060. The van der Waals surface area contributed by atoms with Crippen molar-refractivity contribution in [1.29, 1.82) is 0 Å². The van der Waals surface area contributed by atoms with Gasteiger partial charge in [0.15, 0.2) is 0 Å². The molecule has 1 N–H and O–H groups in total. The lowest BCUT2D eigenvalue weighted by molar-refractivity contribution is -0.187. The van der Waals surface area contributed by atoms with Crippen molar-refractivity contribution >= 4 is 15.9 Å². The van der Waals surface area contributed by atoms with Crippen molar-refractivity contribution in [3.05, 3.63) is 59.0 Å². The van der Waals surface area contributed by atoms with Crippen molar-refractivity contribution in [2.75, 3.05) is 26.2 Å². The van der Waals surface area contributed by atoms with Crippen LogP contribution >= 0.6 is 0 Å². The van der Waals surface area contributed by atoms with Crippen molar-refractivity contribution in [2.24, 2.45) is 11.8 Å². The van der Waals surface area contributed by atoms with Gasteiger partial charge in [0.1, 0.15) is 0 Å². The summed E-state index contributed by atoms with van der Waals surface area (Å²) in [6, 6.07) is 9.17. The highest BCUT2D eigenvalue weighted by Crippen LogP contribution is 2.37. The van der Waals surface area contributed by atoms with Gasteiger partial charge in [-0.15, -0.1) is 0 Å². The predicted octanol–water partition coefficient (Wildman–Crippen LogP) is 3.17. The van der Waals surface area contributed by atoms with E-state index in [0.717, 1.165) is 10.5 Å². The van der Waals surface area contributed by atoms with Gasteiger partial charge in [-0.1, -0.05) is 42.5 Å². The Morgan fingerprint density at radius 1 is 1.06 bits per heavy atom. The minimum absolute atomic E-state index is 0.00995. The molecule has 180 valence electrons. The number of amides is 1. The number of hydrogen-bond acceptors (Lipinski definition) is 4. The van der Waals surface area contributed by atoms with E-state index in [0.29, 0.717) is 19.3 Å². The van der Waals surface area contributed by atoms with Gasteiger partial charge in [0.25, 0.3) is 0 Å². The number of allylic oxidation sites excluding steroid dienone is 2. The minimum atomic E-state index is -4.95. The molecule has 33 heavy (non-hydrogen) atoms. The molecular weight excluding hydrogens is 457 g/mol. The fourth-order valence-electron chi connectivity index (χ4n) is 4.96. The smallest absolute Gasteiger partial charge is 0.385 e. The summed E-state index contributed by atoms with van der Waals surface area (Å²) in [5.74, 6) is -2.48. The maximum Gasteiger partial charge on any atom is 0.471 e. The first-order chi connectivity index (χ1) is 15.5. The molecule has 3 aliphatic rings. The zero-order valence-electron chi connectivity index (χ0n) is 18.0. The number of benzene rings is 1. The van der Waals surface area contributed by atoms with E-state index in [-0.39, 0.29) is 43.4 Å². The molecule has 2 aliphatic heterocycles. The van der Waals surface area contributed by atoms with E-state index in [1.54, 1.807) is 6.08 Å². The molecule has 0 radical (unpaired) electrons. The summed E-state index contributed by atoms with van der Waals surface area (Å²) in [5, 5.41) is 11.1. The highest BCUT2D eigenvalue weighted by Gasteiger charge is 2.45. The fraction of sp³-hybridized carbons (Fsp3) is 0.522. The maximum absolute atomic E-state index is 13.4. The van der Waals surface area contributed by atoms with E-state index in [1.807, 2.05) is 30.3 Å². The number of carbonyl (C=O) groups is 1. The van der Waals surface area contributed by atoms with Crippen LogP contribution in [-0.4, -0.2) is 61.0 Å². The molecule has 4 rings (SSSR count). The quantitative estimate of drug-likeness (QED) is 0.715. The van der Waals surface area contributed by atoms with Crippen molar-refractivity contribution in [1.82, 2.24) is 9.21 Å². The number of nitrogens with zero attached hydrogens (tertiary/aromatic N) is 2. The molecule has 10 heteroatoms. The van der Waals surface area contributed by atoms with Crippen molar-refractivity contribution in [3.8, 4) is 0 Å². The molecule has 1 amide bonds. The Kier molecular flexibility index (Phi) is 6.45. The van der Waals surface area contributed by atoms with E-state index < -0.39 is 33.6 Å². The third-order valence-corrected chi connectivity index (χ3v) is 8.76.